The van der Waals surface area contributed by atoms with Crippen LogP contribution in [0.25, 0.3) is 22.2 Å². The van der Waals surface area contributed by atoms with Gasteiger partial charge in [0.25, 0.3) is 0 Å². The lowest BCUT2D eigenvalue weighted by Crippen LogP contribution is -1.99. The molecule has 0 amide bonds. The second-order valence-corrected chi connectivity index (χ2v) is 7.12. The summed E-state index contributed by atoms with van der Waals surface area (Å²) in [7, 11) is 0. The van der Waals surface area contributed by atoms with Crippen LogP contribution in [-0.2, 0) is 12.8 Å². The number of para-hydroxylation sites is 1. The smallest absolute Gasteiger partial charge is 0.119 e. The molecule has 3 aromatic rings. The molecule has 0 saturated carbocycles. The molecule has 0 saturated heterocycles. The van der Waals surface area contributed by atoms with Crippen LogP contribution in [0.15, 0.2) is 42.5 Å². The van der Waals surface area contributed by atoms with E-state index in [1.54, 1.807) is 0 Å². The maximum atomic E-state index is 5.73. The molecular formula is C24H32N2O. The molecule has 144 valence electrons. The van der Waals surface area contributed by atoms with Crippen LogP contribution in [0.2, 0.25) is 0 Å². The van der Waals surface area contributed by atoms with E-state index in [1.807, 2.05) is 6.92 Å². The van der Waals surface area contributed by atoms with Crippen LogP contribution >= 0.6 is 0 Å². The Balaban J connectivity index is 2.04. The van der Waals surface area contributed by atoms with Crippen LogP contribution in [0.4, 0.5) is 0 Å². The summed E-state index contributed by atoms with van der Waals surface area (Å²) >= 11 is 0. The number of rotatable bonds is 10. The van der Waals surface area contributed by atoms with Gasteiger partial charge in [-0.25, -0.2) is 0 Å². The molecule has 0 unspecified atom stereocenters. The van der Waals surface area contributed by atoms with Crippen molar-refractivity contribution in [3.8, 4) is 17.0 Å². The Labute approximate surface area is 162 Å². The quantitative estimate of drug-likeness (QED) is 0.443. The molecule has 1 aromatic heterocycles. The van der Waals surface area contributed by atoms with Crippen LogP contribution in [0, 0.1) is 0 Å². The lowest BCUT2D eigenvalue weighted by molar-refractivity contribution is 0.340. The highest BCUT2D eigenvalue weighted by molar-refractivity contribution is 5.93. The molecule has 2 aromatic carbocycles. The SMILES string of the molecule is CCCCc1cccc2c(CCCCN)c(-c3ccc(OCC)cc3)[nH]c12. The van der Waals surface area contributed by atoms with Gasteiger partial charge in [0.15, 0.2) is 0 Å². The van der Waals surface area contributed by atoms with Crippen molar-refractivity contribution in [3.05, 3.63) is 53.6 Å². The second kappa shape index (κ2) is 9.61. The fourth-order valence-corrected chi connectivity index (χ4v) is 3.75. The van der Waals surface area contributed by atoms with E-state index in [-0.39, 0.29) is 0 Å². The summed E-state index contributed by atoms with van der Waals surface area (Å²) in [4.78, 5) is 3.76. The Morgan fingerprint density at radius 2 is 1.74 bits per heavy atom. The summed E-state index contributed by atoms with van der Waals surface area (Å²) in [5, 5.41) is 1.37. The van der Waals surface area contributed by atoms with Gasteiger partial charge in [0.05, 0.1) is 6.61 Å². The Hall–Kier alpha value is -2.26. The number of nitrogens with two attached hydrogens (primary N) is 1. The molecule has 0 aliphatic carbocycles. The summed E-state index contributed by atoms with van der Waals surface area (Å²) < 4.78 is 5.60. The first-order chi connectivity index (χ1) is 13.3. The number of nitrogens with one attached hydrogen (secondary N) is 1. The third kappa shape index (κ3) is 4.54. The predicted molar refractivity (Wildman–Crippen MR) is 116 cm³/mol. The number of ether oxygens (including phenoxy) is 1. The van der Waals surface area contributed by atoms with E-state index in [4.69, 9.17) is 10.5 Å². The molecular weight excluding hydrogens is 332 g/mol. The molecule has 3 rings (SSSR count). The number of benzene rings is 2. The van der Waals surface area contributed by atoms with Gasteiger partial charge in [-0.05, 0) is 86.5 Å². The number of fused-ring (bicyclic) bond motifs is 1. The van der Waals surface area contributed by atoms with Crippen molar-refractivity contribution in [1.82, 2.24) is 4.98 Å². The first-order valence-corrected chi connectivity index (χ1v) is 10.3. The number of hydrogen-bond acceptors (Lipinski definition) is 2. The first kappa shape index (κ1) is 19.5. The van der Waals surface area contributed by atoms with Crippen LogP contribution in [-0.4, -0.2) is 18.1 Å². The first-order valence-electron chi connectivity index (χ1n) is 10.3. The molecule has 27 heavy (non-hydrogen) atoms. The molecule has 1 heterocycles. The summed E-state index contributed by atoms with van der Waals surface area (Å²) in [6.45, 7) is 5.71. The molecule has 0 atom stereocenters. The average molecular weight is 365 g/mol. The number of hydrogen-bond donors (Lipinski definition) is 2. The fraction of sp³-hybridized carbons (Fsp3) is 0.417. The van der Waals surface area contributed by atoms with Crippen molar-refractivity contribution in [2.75, 3.05) is 13.2 Å². The van der Waals surface area contributed by atoms with Crippen molar-refractivity contribution in [3.63, 3.8) is 0 Å². The topological polar surface area (TPSA) is 51.0 Å². The number of H-pyrrole nitrogens is 1. The number of aryl methyl sites for hydroxylation is 2. The van der Waals surface area contributed by atoms with Crippen molar-refractivity contribution >= 4 is 10.9 Å². The standard InChI is InChI=1S/C24H32N2O/c1-3-5-9-18-10-8-12-22-21(11-6-7-17-25)24(26-23(18)22)19-13-15-20(16-14-19)27-4-2/h8,10,12-16,26H,3-7,9,11,17,25H2,1-2H3. The predicted octanol–water partition coefficient (Wildman–Crippen LogP) is 5.86. The van der Waals surface area contributed by atoms with Crippen molar-refractivity contribution in [1.29, 1.82) is 0 Å². The van der Waals surface area contributed by atoms with E-state index in [1.165, 1.54) is 46.1 Å². The molecule has 0 aliphatic heterocycles. The van der Waals surface area contributed by atoms with Crippen molar-refractivity contribution in [2.45, 2.75) is 52.4 Å². The zero-order valence-electron chi connectivity index (χ0n) is 16.7. The summed E-state index contributed by atoms with van der Waals surface area (Å²) in [5.41, 5.74) is 12.3. The lowest BCUT2D eigenvalue weighted by Gasteiger charge is -2.07. The highest BCUT2D eigenvalue weighted by Gasteiger charge is 2.15. The minimum atomic E-state index is 0.691. The Morgan fingerprint density at radius 1 is 0.926 bits per heavy atom. The Bertz CT molecular complexity index is 849. The zero-order chi connectivity index (χ0) is 19.1. The molecule has 3 N–H and O–H groups in total. The Kier molecular flexibility index (Phi) is 6.94. The van der Waals surface area contributed by atoms with E-state index >= 15 is 0 Å². The molecule has 3 nitrogen and oxygen atoms in total. The van der Waals surface area contributed by atoms with Gasteiger partial charge in [0.2, 0.25) is 0 Å². The van der Waals surface area contributed by atoms with Crippen LogP contribution < -0.4 is 10.5 Å². The van der Waals surface area contributed by atoms with E-state index in [9.17, 15) is 0 Å². The summed E-state index contributed by atoms with van der Waals surface area (Å²) in [6.07, 6.45) is 6.79. The van der Waals surface area contributed by atoms with Crippen molar-refractivity contribution < 1.29 is 4.74 Å². The third-order valence-electron chi connectivity index (χ3n) is 5.16. The third-order valence-corrected chi connectivity index (χ3v) is 5.16. The minimum Gasteiger partial charge on any atom is -0.494 e. The number of aromatic amines is 1. The van der Waals surface area contributed by atoms with E-state index in [0.29, 0.717) is 6.61 Å². The van der Waals surface area contributed by atoms with Crippen LogP contribution in [0.3, 0.4) is 0 Å². The van der Waals surface area contributed by atoms with Crippen LogP contribution in [0.5, 0.6) is 5.75 Å². The van der Waals surface area contributed by atoms with Crippen LogP contribution in [0.1, 0.15) is 50.7 Å². The summed E-state index contributed by atoms with van der Waals surface area (Å²) in [6, 6.07) is 15.2. The number of aromatic nitrogens is 1. The molecule has 0 bridgehead atoms. The minimum absolute atomic E-state index is 0.691. The Morgan fingerprint density at radius 3 is 2.44 bits per heavy atom. The fourth-order valence-electron chi connectivity index (χ4n) is 3.75. The van der Waals surface area contributed by atoms with E-state index in [0.717, 1.165) is 38.0 Å². The summed E-state index contributed by atoms with van der Waals surface area (Å²) in [5.74, 6) is 0.922. The van der Waals surface area contributed by atoms with Gasteiger partial charge in [-0.1, -0.05) is 31.5 Å². The maximum Gasteiger partial charge on any atom is 0.119 e. The van der Waals surface area contributed by atoms with Gasteiger partial charge in [0, 0.05) is 16.6 Å². The van der Waals surface area contributed by atoms with Gasteiger partial charge in [0.1, 0.15) is 5.75 Å². The normalized spacial score (nSPS) is 11.2. The van der Waals surface area contributed by atoms with Crippen molar-refractivity contribution in [2.24, 2.45) is 5.73 Å². The molecule has 0 spiro atoms. The lowest BCUT2D eigenvalue weighted by atomic mass is 9.98. The monoisotopic (exact) mass is 364 g/mol. The zero-order valence-corrected chi connectivity index (χ0v) is 16.7. The largest absolute Gasteiger partial charge is 0.494 e. The molecule has 0 aliphatic rings. The maximum absolute atomic E-state index is 5.73. The van der Waals surface area contributed by atoms with Gasteiger partial charge in [-0.3, -0.25) is 0 Å². The highest BCUT2D eigenvalue weighted by atomic mass is 16.5. The highest BCUT2D eigenvalue weighted by Crippen LogP contribution is 2.34. The van der Waals surface area contributed by atoms with Gasteiger partial charge >= 0.3 is 0 Å². The number of unbranched alkanes of at least 4 members (excludes halogenated alkanes) is 2. The van der Waals surface area contributed by atoms with Gasteiger partial charge in [-0.15, -0.1) is 0 Å². The molecule has 0 radical (unpaired) electrons. The molecule has 3 heteroatoms. The second-order valence-electron chi connectivity index (χ2n) is 7.12. The van der Waals surface area contributed by atoms with E-state index in [2.05, 4.69) is 54.4 Å². The van der Waals surface area contributed by atoms with Gasteiger partial charge < -0.3 is 15.5 Å². The van der Waals surface area contributed by atoms with E-state index < -0.39 is 0 Å². The molecule has 0 fully saturated rings. The average Bonchev–Trinajstić information content (AvgIpc) is 3.07. The van der Waals surface area contributed by atoms with Gasteiger partial charge in [-0.2, -0.15) is 0 Å².